The molecule has 21 heavy (non-hydrogen) atoms. The van der Waals surface area contributed by atoms with Crippen molar-refractivity contribution >= 4 is 11.8 Å². The molecule has 1 atom stereocenters. The molecule has 0 aromatic carbocycles. The van der Waals surface area contributed by atoms with Crippen LogP contribution in [0.4, 0.5) is 10.6 Å². The summed E-state index contributed by atoms with van der Waals surface area (Å²) in [6.45, 7) is 4.01. The van der Waals surface area contributed by atoms with Crippen molar-refractivity contribution in [2.45, 2.75) is 38.3 Å². The molecule has 1 unspecified atom stereocenters. The second-order valence-electron chi connectivity index (χ2n) is 5.49. The third-order valence-electron chi connectivity index (χ3n) is 3.65. The van der Waals surface area contributed by atoms with E-state index in [1.165, 1.54) is 0 Å². The van der Waals surface area contributed by atoms with Gasteiger partial charge in [0.05, 0.1) is 6.10 Å². The number of nitrogens with one attached hydrogen (secondary N) is 2. The molecule has 116 valence electrons. The van der Waals surface area contributed by atoms with Gasteiger partial charge in [-0.3, -0.25) is 0 Å². The molecule has 0 spiro atoms. The van der Waals surface area contributed by atoms with Crippen molar-refractivity contribution in [3.05, 3.63) is 24.4 Å². The Morgan fingerprint density at radius 2 is 2.24 bits per heavy atom. The number of hydrogen-bond donors (Lipinski definition) is 3. The second-order valence-corrected chi connectivity index (χ2v) is 5.49. The molecule has 1 aromatic heterocycles. The van der Waals surface area contributed by atoms with E-state index < -0.39 is 0 Å². The van der Waals surface area contributed by atoms with Gasteiger partial charge in [0.15, 0.2) is 0 Å². The maximum absolute atomic E-state index is 11.7. The lowest BCUT2D eigenvalue weighted by Crippen LogP contribution is -2.48. The molecule has 1 aromatic rings. The molecule has 1 aliphatic rings. The van der Waals surface area contributed by atoms with Crippen LogP contribution in [-0.2, 0) is 0 Å². The van der Waals surface area contributed by atoms with Crippen LogP contribution in [0.25, 0.3) is 0 Å². The van der Waals surface area contributed by atoms with Gasteiger partial charge in [-0.1, -0.05) is 6.07 Å². The van der Waals surface area contributed by atoms with Crippen LogP contribution < -0.4 is 15.5 Å². The van der Waals surface area contributed by atoms with Crippen molar-refractivity contribution in [2.24, 2.45) is 0 Å². The molecule has 0 saturated carbocycles. The fraction of sp³-hybridized carbons (Fsp3) is 0.600. The number of aliphatic hydroxyl groups is 1. The Bertz CT molecular complexity index is 431. The first kappa shape index (κ1) is 15.6. The van der Waals surface area contributed by atoms with Crippen LogP contribution >= 0.6 is 0 Å². The van der Waals surface area contributed by atoms with Crippen LogP contribution in [0.15, 0.2) is 24.4 Å². The summed E-state index contributed by atoms with van der Waals surface area (Å²) >= 11 is 0. The average molecular weight is 292 g/mol. The minimum absolute atomic E-state index is 0.146. The van der Waals surface area contributed by atoms with Crippen LogP contribution in [0, 0.1) is 0 Å². The Labute approximate surface area is 125 Å². The van der Waals surface area contributed by atoms with E-state index in [4.69, 9.17) is 5.11 Å². The first-order valence-corrected chi connectivity index (χ1v) is 7.53. The monoisotopic (exact) mass is 292 g/mol. The third kappa shape index (κ3) is 5.23. The van der Waals surface area contributed by atoms with Gasteiger partial charge in [-0.2, -0.15) is 0 Å². The largest absolute Gasteiger partial charge is 0.393 e. The smallest absolute Gasteiger partial charge is 0.315 e. The van der Waals surface area contributed by atoms with Gasteiger partial charge in [-0.25, -0.2) is 9.78 Å². The van der Waals surface area contributed by atoms with E-state index in [1.54, 1.807) is 13.1 Å². The number of anilines is 1. The van der Waals surface area contributed by atoms with Crippen molar-refractivity contribution in [3.8, 4) is 0 Å². The van der Waals surface area contributed by atoms with Gasteiger partial charge in [0.25, 0.3) is 0 Å². The fourth-order valence-corrected chi connectivity index (χ4v) is 2.42. The van der Waals surface area contributed by atoms with Crippen molar-refractivity contribution in [2.75, 3.05) is 24.5 Å². The van der Waals surface area contributed by atoms with Gasteiger partial charge in [0.1, 0.15) is 5.82 Å². The molecule has 0 bridgehead atoms. The summed E-state index contributed by atoms with van der Waals surface area (Å²) in [6, 6.07) is 5.97. The van der Waals surface area contributed by atoms with Crippen LogP contribution in [0.1, 0.15) is 26.2 Å². The minimum Gasteiger partial charge on any atom is -0.393 e. The highest BCUT2D eigenvalue weighted by atomic mass is 16.3. The van der Waals surface area contributed by atoms with E-state index in [0.29, 0.717) is 13.0 Å². The summed E-state index contributed by atoms with van der Waals surface area (Å²) < 4.78 is 0. The Kier molecular flexibility index (Phi) is 5.80. The fourth-order valence-electron chi connectivity index (χ4n) is 2.42. The first-order chi connectivity index (χ1) is 10.1. The lowest BCUT2D eigenvalue weighted by Gasteiger charge is -2.33. The van der Waals surface area contributed by atoms with E-state index >= 15 is 0 Å². The van der Waals surface area contributed by atoms with E-state index in [9.17, 15) is 4.79 Å². The number of rotatable bonds is 5. The molecular weight excluding hydrogens is 268 g/mol. The maximum atomic E-state index is 11.7. The molecule has 1 fully saturated rings. The van der Waals surface area contributed by atoms with Gasteiger partial charge in [-0.15, -0.1) is 0 Å². The van der Waals surface area contributed by atoms with Crippen LogP contribution in [0.3, 0.4) is 0 Å². The summed E-state index contributed by atoms with van der Waals surface area (Å²) in [6.07, 6.45) is 3.83. The molecule has 1 saturated heterocycles. The number of aliphatic hydroxyl groups excluding tert-OH is 1. The van der Waals surface area contributed by atoms with Crippen LogP contribution in [0.2, 0.25) is 0 Å². The lowest BCUT2D eigenvalue weighted by molar-refractivity contribution is 0.183. The van der Waals surface area contributed by atoms with E-state index in [1.807, 2.05) is 18.2 Å². The minimum atomic E-state index is -0.382. The molecule has 0 aliphatic carbocycles. The summed E-state index contributed by atoms with van der Waals surface area (Å²) in [5.74, 6) is 0.998. The number of carbonyl (C=O) groups excluding carboxylic acids is 1. The number of hydrogen-bond acceptors (Lipinski definition) is 4. The number of urea groups is 1. The maximum Gasteiger partial charge on any atom is 0.315 e. The highest BCUT2D eigenvalue weighted by Gasteiger charge is 2.21. The Morgan fingerprint density at radius 1 is 1.48 bits per heavy atom. The van der Waals surface area contributed by atoms with Gasteiger partial charge in [-0.05, 0) is 38.3 Å². The van der Waals surface area contributed by atoms with E-state index in [-0.39, 0.29) is 18.2 Å². The summed E-state index contributed by atoms with van der Waals surface area (Å²) in [7, 11) is 0. The van der Waals surface area contributed by atoms with Crippen LogP contribution in [-0.4, -0.2) is 47.9 Å². The van der Waals surface area contributed by atoms with Gasteiger partial charge in [0.2, 0.25) is 0 Å². The summed E-state index contributed by atoms with van der Waals surface area (Å²) in [5, 5.41) is 14.9. The zero-order valence-electron chi connectivity index (χ0n) is 12.5. The number of aromatic nitrogens is 1. The molecule has 6 nitrogen and oxygen atoms in total. The number of pyridine rings is 1. The van der Waals surface area contributed by atoms with Gasteiger partial charge in [0, 0.05) is 31.9 Å². The molecule has 2 rings (SSSR count). The Morgan fingerprint density at radius 3 is 2.86 bits per heavy atom. The first-order valence-electron chi connectivity index (χ1n) is 7.53. The topological polar surface area (TPSA) is 77.5 Å². The van der Waals surface area contributed by atoms with Crippen LogP contribution in [0.5, 0.6) is 0 Å². The molecule has 6 heteroatoms. The van der Waals surface area contributed by atoms with Crippen molar-refractivity contribution in [1.29, 1.82) is 0 Å². The van der Waals surface area contributed by atoms with Gasteiger partial charge < -0.3 is 20.6 Å². The SMILES string of the molecule is CC(O)CCNC(=O)NC1CCN(c2ccccn2)CC1. The highest BCUT2D eigenvalue weighted by molar-refractivity contribution is 5.74. The predicted octanol–water partition coefficient (Wildman–Crippen LogP) is 1.12. The highest BCUT2D eigenvalue weighted by Crippen LogP contribution is 2.17. The lowest BCUT2D eigenvalue weighted by atomic mass is 10.1. The number of piperidine rings is 1. The number of amides is 2. The van der Waals surface area contributed by atoms with Crippen molar-refractivity contribution < 1.29 is 9.90 Å². The summed E-state index contributed by atoms with van der Waals surface area (Å²) in [4.78, 5) is 18.3. The molecule has 2 amide bonds. The number of nitrogens with zero attached hydrogens (tertiary/aromatic N) is 2. The third-order valence-corrected chi connectivity index (χ3v) is 3.65. The normalized spacial score (nSPS) is 17.3. The number of carbonyl (C=O) groups is 1. The van der Waals surface area contributed by atoms with E-state index in [2.05, 4.69) is 20.5 Å². The van der Waals surface area contributed by atoms with Crippen molar-refractivity contribution in [3.63, 3.8) is 0 Å². The summed E-state index contributed by atoms with van der Waals surface area (Å²) in [5.41, 5.74) is 0. The molecule has 2 heterocycles. The molecule has 3 N–H and O–H groups in total. The molecule has 1 aliphatic heterocycles. The standard InChI is InChI=1S/C15H24N4O2/c1-12(20)5-9-17-15(21)18-13-6-10-19(11-7-13)14-4-2-3-8-16-14/h2-4,8,12-13,20H,5-7,9-11H2,1H3,(H2,17,18,21). The Hall–Kier alpha value is -1.82. The second kappa shape index (κ2) is 7.83. The molecule has 0 radical (unpaired) electrons. The van der Waals surface area contributed by atoms with E-state index in [0.717, 1.165) is 31.7 Å². The predicted molar refractivity (Wildman–Crippen MR) is 82.3 cm³/mol. The Balaban J connectivity index is 1.68. The molecular formula is C15H24N4O2. The van der Waals surface area contributed by atoms with Crippen molar-refractivity contribution in [1.82, 2.24) is 15.6 Å². The average Bonchev–Trinajstić information content (AvgIpc) is 2.48. The quantitative estimate of drug-likeness (QED) is 0.760. The zero-order chi connectivity index (χ0) is 15.1. The zero-order valence-corrected chi connectivity index (χ0v) is 12.5. The van der Waals surface area contributed by atoms with Gasteiger partial charge >= 0.3 is 6.03 Å².